The van der Waals surface area contributed by atoms with E-state index >= 15 is 0 Å². The lowest BCUT2D eigenvalue weighted by Gasteiger charge is -2.26. The lowest BCUT2D eigenvalue weighted by molar-refractivity contribution is 0.0939. The van der Waals surface area contributed by atoms with Gasteiger partial charge in [-0.2, -0.15) is 0 Å². The first-order chi connectivity index (χ1) is 8.26. The van der Waals surface area contributed by atoms with Gasteiger partial charge in [0.05, 0.1) is 14.2 Å². The molecule has 92 valence electrons. The second kappa shape index (κ2) is 5.19. The molecule has 17 heavy (non-hydrogen) atoms. The lowest BCUT2D eigenvalue weighted by atomic mass is 9.93. The third-order valence-electron chi connectivity index (χ3n) is 3.05. The Morgan fingerprint density at radius 2 is 1.88 bits per heavy atom. The van der Waals surface area contributed by atoms with E-state index in [1.165, 1.54) is 0 Å². The van der Waals surface area contributed by atoms with Crippen molar-refractivity contribution in [3.05, 3.63) is 23.8 Å². The molecule has 0 aliphatic carbocycles. The third-order valence-corrected chi connectivity index (χ3v) is 3.05. The summed E-state index contributed by atoms with van der Waals surface area (Å²) in [6.45, 7) is 1.84. The van der Waals surface area contributed by atoms with Crippen LogP contribution in [0.1, 0.15) is 16.8 Å². The highest BCUT2D eigenvalue weighted by atomic mass is 16.5. The van der Waals surface area contributed by atoms with E-state index in [4.69, 9.17) is 9.47 Å². The van der Waals surface area contributed by atoms with Gasteiger partial charge < -0.3 is 14.8 Å². The third kappa shape index (κ3) is 2.42. The highest BCUT2D eigenvalue weighted by Gasteiger charge is 2.24. The number of rotatable bonds is 5. The monoisotopic (exact) mass is 235 g/mol. The van der Waals surface area contributed by atoms with Gasteiger partial charge in [0, 0.05) is 6.42 Å². The van der Waals surface area contributed by atoms with Crippen molar-refractivity contribution in [3.8, 4) is 11.5 Å². The zero-order valence-electron chi connectivity index (χ0n) is 10.2. The summed E-state index contributed by atoms with van der Waals surface area (Å²) in [4.78, 5) is 12.2. The number of ketones is 1. The van der Waals surface area contributed by atoms with Crippen LogP contribution in [-0.4, -0.2) is 33.1 Å². The number of carbonyl (C=O) groups is 1. The average Bonchev–Trinajstić information content (AvgIpc) is 2.32. The topological polar surface area (TPSA) is 47.6 Å². The molecular weight excluding hydrogens is 218 g/mol. The maximum absolute atomic E-state index is 12.2. The normalized spacial score (nSPS) is 15.2. The van der Waals surface area contributed by atoms with E-state index in [1.54, 1.807) is 26.4 Å². The summed E-state index contributed by atoms with van der Waals surface area (Å²) in [6.07, 6.45) is 0.545. The molecule has 0 radical (unpaired) electrons. The Morgan fingerprint density at radius 1 is 1.29 bits per heavy atom. The Bertz CT molecular complexity index is 391. The molecule has 0 saturated carbocycles. The number of ether oxygens (including phenoxy) is 2. The number of benzene rings is 1. The molecule has 1 fully saturated rings. The molecule has 0 unspecified atom stereocenters. The van der Waals surface area contributed by atoms with Gasteiger partial charge in [0.25, 0.3) is 0 Å². The highest BCUT2D eigenvalue weighted by Crippen LogP contribution is 2.30. The van der Waals surface area contributed by atoms with Crippen LogP contribution < -0.4 is 14.8 Å². The molecule has 0 atom stereocenters. The van der Waals surface area contributed by atoms with E-state index in [0.717, 1.165) is 13.1 Å². The van der Waals surface area contributed by atoms with Crippen molar-refractivity contribution >= 4 is 5.78 Å². The second-order valence-electron chi connectivity index (χ2n) is 4.19. The van der Waals surface area contributed by atoms with Crippen molar-refractivity contribution < 1.29 is 14.3 Å². The zero-order valence-corrected chi connectivity index (χ0v) is 10.2. The first-order valence-corrected chi connectivity index (χ1v) is 5.71. The SMILES string of the molecule is COc1cccc(OC)c1C(=O)CC1CNC1. The zero-order chi connectivity index (χ0) is 12.3. The summed E-state index contributed by atoms with van der Waals surface area (Å²) in [6, 6.07) is 5.39. The van der Waals surface area contributed by atoms with E-state index in [-0.39, 0.29) is 5.78 Å². The van der Waals surface area contributed by atoms with Gasteiger partial charge in [-0.15, -0.1) is 0 Å². The largest absolute Gasteiger partial charge is 0.496 e. The van der Waals surface area contributed by atoms with Crippen molar-refractivity contribution in [3.63, 3.8) is 0 Å². The van der Waals surface area contributed by atoms with Gasteiger partial charge in [0.2, 0.25) is 0 Å². The molecule has 1 aromatic rings. The van der Waals surface area contributed by atoms with E-state index in [9.17, 15) is 4.79 Å². The van der Waals surface area contributed by atoms with Gasteiger partial charge in [0.1, 0.15) is 17.1 Å². The molecule has 2 rings (SSSR count). The van der Waals surface area contributed by atoms with E-state index < -0.39 is 0 Å². The van der Waals surface area contributed by atoms with Crippen LogP contribution in [0, 0.1) is 5.92 Å². The predicted octanol–water partition coefficient (Wildman–Crippen LogP) is 1.50. The Kier molecular flexibility index (Phi) is 3.64. The van der Waals surface area contributed by atoms with Crippen LogP contribution in [-0.2, 0) is 0 Å². The highest BCUT2D eigenvalue weighted by molar-refractivity contribution is 6.01. The minimum absolute atomic E-state index is 0.0887. The van der Waals surface area contributed by atoms with Crippen LogP contribution in [0.2, 0.25) is 0 Å². The van der Waals surface area contributed by atoms with Crippen molar-refractivity contribution in [2.45, 2.75) is 6.42 Å². The Balaban J connectivity index is 2.24. The maximum Gasteiger partial charge on any atom is 0.170 e. The van der Waals surface area contributed by atoms with Gasteiger partial charge in [0.15, 0.2) is 5.78 Å². The fourth-order valence-corrected chi connectivity index (χ4v) is 1.98. The molecule has 1 aromatic carbocycles. The van der Waals surface area contributed by atoms with Crippen LogP contribution in [0.15, 0.2) is 18.2 Å². The summed E-state index contributed by atoms with van der Waals surface area (Å²) in [5, 5.41) is 3.16. The molecule has 1 heterocycles. The van der Waals surface area contributed by atoms with E-state index in [0.29, 0.717) is 29.4 Å². The standard InChI is InChI=1S/C13H17NO3/c1-16-11-4-3-5-12(17-2)13(11)10(15)6-9-7-14-8-9/h3-5,9,14H,6-8H2,1-2H3. The van der Waals surface area contributed by atoms with Crippen LogP contribution in [0.25, 0.3) is 0 Å². The number of carbonyl (C=O) groups excluding carboxylic acids is 1. The second-order valence-corrected chi connectivity index (χ2v) is 4.19. The quantitative estimate of drug-likeness (QED) is 0.786. The minimum Gasteiger partial charge on any atom is -0.496 e. The molecule has 1 aliphatic heterocycles. The molecule has 0 spiro atoms. The van der Waals surface area contributed by atoms with Crippen LogP contribution in [0.3, 0.4) is 0 Å². The number of nitrogens with one attached hydrogen (secondary N) is 1. The van der Waals surface area contributed by atoms with E-state index in [2.05, 4.69) is 5.32 Å². The summed E-state index contributed by atoms with van der Waals surface area (Å²) in [7, 11) is 3.13. The van der Waals surface area contributed by atoms with Gasteiger partial charge in [-0.05, 0) is 31.1 Å². The van der Waals surface area contributed by atoms with Crippen LogP contribution in [0.5, 0.6) is 11.5 Å². The Labute approximate surface area is 101 Å². The average molecular weight is 235 g/mol. The summed E-state index contributed by atoms with van der Waals surface area (Å²) in [5.41, 5.74) is 0.560. The van der Waals surface area contributed by atoms with Crippen molar-refractivity contribution in [1.82, 2.24) is 5.32 Å². The van der Waals surface area contributed by atoms with Crippen molar-refractivity contribution in [2.75, 3.05) is 27.3 Å². The summed E-state index contributed by atoms with van der Waals surface area (Å²) >= 11 is 0. The van der Waals surface area contributed by atoms with E-state index in [1.807, 2.05) is 6.07 Å². The number of Topliss-reactive ketones (excluding diaryl/α,β-unsaturated/α-hetero) is 1. The van der Waals surface area contributed by atoms with Crippen LogP contribution in [0.4, 0.5) is 0 Å². The Hall–Kier alpha value is -1.55. The first kappa shape index (κ1) is 11.9. The maximum atomic E-state index is 12.2. The van der Waals surface area contributed by atoms with Crippen molar-refractivity contribution in [2.24, 2.45) is 5.92 Å². The fraction of sp³-hybridized carbons (Fsp3) is 0.462. The molecule has 0 bridgehead atoms. The molecule has 0 amide bonds. The molecule has 1 aliphatic rings. The molecule has 1 saturated heterocycles. The molecule has 1 N–H and O–H groups in total. The number of hydrogen-bond acceptors (Lipinski definition) is 4. The fourth-order valence-electron chi connectivity index (χ4n) is 1.98. The summed E-state index contributed by atoms with van der Waals surface area (Å²) in [5.74, 6) is 1.70. The Morgan fingerprint density at radius 3 is 2.29 bits per heavy atom. The van der Waals surface area contributed by atoms with Gasteiger partial charge in [-0.3, -0.25) is 4.79 Å². The lowest BCUT2D eigenvalue weighted by Crippen LogP contribution is -2.43. The predicted molar refractivity (Wildman–Crippen MR) is 64.9 cm³/mol. The van der Waals surface area contributed by atoms with Gasteiger partial charge >= 0.3 is 0 Å². The van der Waals surface area contributed by atoms with Crippen molar-refractivity contribution in [1.29, 1.82) is 0 Å². The summed E-state index contributed by atoms with van der Waals surface area (Å²) < 4.78 is 10.5. The molecule has 4 nitrogen and oxygen atoms in total. The van der Waals surface area contributed by atoms with Gasteiger partial charge in [-0.1, -0.05) is 6.07 Å². The molecule has 4 heteroatoms. The number of hydrogen-bond donors (Lipinski definition) is 1. The van der Waals surface area contributed by atoms with Gasteiger partial charge in [-0.25, -0.2) is 0 Å². The first-order valence-electron chi connectivity index (χ1n) is 5.71. The molecular formula is C13H17NO3. The smallest absolute Gasteiger partial charge is 0.170 e. The minimum atomic E-state index is 0.0887. The number of methoxy groups -OCH3 is 2. The molecule has 0 aromatic heterocycles. The van der Waals surface area contributed by atoms with Crippen LogP contribution >= 0.6 is 0 Å².